The number of hydrogen-bond donors (Lipinski definition) is 1. The van der Waals surface area contributed by atoms with Gasteiger partial charge in [-0.2, -0.15) is 0 Å². The molecule has 0 heterocycles. The van der Waals surface area contributed by atoms with Crippen molar-refractivity contribution in [2.24, 2.45) is 5.92 Å². The van der Waals surface area contributed by atoms with Gasteiger partial charge in [0.15, 0.2) is 0 Å². The Balaban J connectivity index is 1.93. The molecule has 0 aliphatic heterocycles. The van der Waals surface area contributed by atoms with Crippen molar-refractivity contribution < 1.29 is 13.9 Å². The topological polar surface area (TPSA) is 66.8 Å². The second kappa shape index (κ2) is 13.5. The van der Waals surface area contributed by atoms with Gasteiger partial charge < -0.3 is 9.66 Å². The van der Waals surface area contributed by atoms with Crippen LogP contribution in [0.25, 0.3) is 0 Å². The normalized spacial score (nSPS) is 14.4. The van der Waals surface area contributed by atoms with Crippen molar-refractivity contribution >= 4 is 11.3 Å². The number of aliphatic hydroxyl groups is 1. The molecule has 3 aromatic carbocycles. The molecule has 0 spiro atoms. The van der Waals surface area contributed by atoms with Crippen LogP contribution in [0.3, 0.4) is 0 Å². The Labute approximate surface area is 206 Å². The molecule has 0 saturated carbocycles. The second-order valence-corrected chi connectivity index (χ2v) is 10.1. The highest BCUT2D eigenvalue weighted by Gasteiger charge is 2.29. The molecule has 1 unspecified atom stereocenters. The largest absolute Gasteiger partial charge is 0.760 e. The fraction of sp³-hybridized carbons (Fsp3) is 0.357. The molecule has 3 atom stereocenters. The summed E-state index contributed by atoms with van der Waals surface area (Å²) in [7, 11) is 0. The monoisotopic (exact) mass is 479 g/mol. The first-order valence-corrected chi connectivity index (χ1v) is 12.8. The highest BCUT2D eigenvalue weighted by molar-refractivity contribution is 7.76. The molecule has 34 heavy (non-hydrogen) atoms. The van der Waals surface area contributed by atoms with Crippen LogP contribution in [0.2, 0.25) is 0 Å². The summed E-state index contributed by atoms with van der Waals surface area (Å²) in [5.74, 6) is 0.169. The molecule has 0 saturated heterocycles. The molecule has 0 radical (unpaired) electrons. The van der Waals surface area contributed by atoms with E-state index in [1.807, 2.05) is 68.4 Å². The molecule has 3 aromatic rings. The number of nitrogens with zero attached hydrogens (tertiary/aromatic N) is 2. The Morgan fingerprint density at radius 3 is 1.62 bits per heavy atom. The van der Waals surface area contributed by atoms with Crippen LogP contribution in [0, 0.1) is 5.92 Å². The van der Waals surface area contributed by atoms with E-state index in [1.54, 1.807) is 0 Å². The Hall–Kier alpha value is -2.35. The van der Waals surface area contributed by atoms with Crippen LogP contribution in [0.15, 0.2) is 91.0 Å². The lowest BCUT2D eigenvalue weighted by Gasteiger charge is -2.38. The van der Waals surface area contributed by atoms with Crippen LogP contribution >= 0.6 is 0 Å². The summed E-state index contributed by atoms with van der Waals surface area (Å²) in [5.41, 5.74) is 3.40. The van der Waals surface area contributed by atoms with Gasteiger partial charge in [0, 0.05) is 43.5 Å². The van der Waals surface area contributed by atoms with Gasteiger partial charge in [-0.05, 0) is 29.0 Å². The van der Waals surface area contributed by atoms with E-state index in [1.165, 1.54) is 4.31 Å². The summed E-state index contributed by atoms with van der Waals surface area (Å²) in [6.07, 6.45) is -0.243. The third-order valence-electron chi connectivity index (χ3n) is 5.83. The highest BCUT2D eigenvalue weighted by Crippen LogP contribution is 2.21. The standard InChI is InChI=1S/C28H36N2O3S/c1-23(2)19-30(34(32)33)22-28(31)27(18-24-12-6-3-7-13-24)29(20-25-14-8-4-9-15-25)21-26-16-10-5-11-17-26/h3-17,23,27-28,31H,18-22H2,1-2H3,(H,32,33)/p-1/t27-,28+/m0/s1. The zero-order valence-corrected chi connectivity index (χ0v) is 20.8. The molecule has 6 heteroatoms. The average molecular weight is 480 g/mol. The summed E-state index contributed by atoms with van der Waals surface area (Å²) in [6, 6.07) is 30.2. The first kappa shape index (κ1) is 26.3. The fourth-order valence-electron chi connectivity index (χ4n) is 4.22. The lowest BCUT2D eigenvalue weighted by Crippen LogP contribution is -2.50. The van der Waals surface area contributed by atoms with E-state index >= 15 is 0 Å². The van der Waals surface area contributed by atoms with Crippen molar-refractivity contribution in [2.75, 3.05) is 13.1 Å². The first-order valence-electron chi connectivity index (χ1n) is 11.8. The molecule has 0 amide bonds. The van der Waals surface area contributed by atoms with Crippen molar-refractivity contribution in [1.82, 2.24) is 9.21 Å². The van der Waals surface area contributed by atoms with Gasteiger partial charge in [-0.3, -0.25) is 9.11 Å². The molecular weight excluding hydrogens is 444 g/mol. The van der Waals surface area contributed by atoms with Crippen LogP contribution in [-0.2, 0) is 30.8 Å². The smallest absolute Gasteiger partial charge is 0.0835 e. The van der Waals surface area contributed by atoms with E-state index in [0.717, 1.165) is 16.7 Å². The van der Waals surface area contributed by atoms with Crippen molar-refractivity contribution in [3.05, 3.63) is 108 Å². The molecule has 1 N–H and O–H groups in total. The highest BCUT2D eigenvalue weighted by atomic mass is 32.2. The van der Waals surface area contributed by atoms with Gasteiger partial charge in [0.25, 0.3) is 0 Å². The summed E-state index contributed by atoms with van der Waals surface area (Å²) < 4.78 is 25.2. The van der Waals surface area contributed by atoms with Crippen molar-refractivity contribution in [3.63, 3.8) is 0 Å². The number of aliphatic hydroxyl groups excluding tert-OH is 1. The fourth-order valence-corrected chi connectivity index (χ4v) is 4.92. The Kier molecular flexibility index (Phi) is 10.4. The molecule has 0 bridgehead atoms. The van der Waals surface area contributed by atoms with Gasteiger partial charge >= 0.3 is 0 Å². The van der Waals surface area contributed by atoms with Crippen LogP contribution < -0.4 is 0 Å². The van der Waals surface area contributed by atoms with Crippen molar-refractivity contribution in [2.45, 2.75) is 45.5 Å². The minimum atomic E-state index is -2.39. The van der Waals surface area contributed by atoms with Gasteiger partial charge in [-0.25, -0.2) is 4.31 Å². The summed E-state index contributed by atoms with van der Waals surface area (Å²) in [5, 5.41) is 11.5. The predicted molar refractivity (Wildman–Crippen MR) is 137 cm³/mol. The molecule has 0 aliphatic rings. The van der Waals surface area contributed by atoms with Crippen LogP contribution in [-0.4, -0.2) is 48.3 Å². The van der Waals surface area contributed by atoms with E-state index < -0.39 is 17.4 Å². The third-order valence-corrected chi connectivity index (χ3v) is 6.55. The van der Waals surface area contributed by atoms with Crippen LogP contribution in [0.1, 0.15) is 30.5 Å². The maximum Gasteiger partial charge on any atom is 0.0835 e. The van der Waals surface area contributed by atoms with Gasteiger partial charge in [0.1, 0.15) is 0 Å². The van der Waals surface area contributed by atoms with Crippen molar-refractivity contribution in [1.29, 1.82) is 0 Å². The van der Waals surface area contributed by atoms with E-state index in [9.17, 15) is 13.9 Å². The molecule has 182 valence electrons. The number of hydrogen-bond acceptors (Lipinski definition) is 4. The van der Waals surface area contributed by atoms with E-state index in [0.29, 0.717) is 26.1 Å². The second-order valence-electron chi connectivity index (χ2n) is 9.16. The minimum Gasteiger partial charge on any atom is -0.760 e. The zero-order chi connectivity index (χ0) is 24.3. The molecule has 3 rings (SSSR count). The quantitative estimate of drug-likeness (QED) is 0.369. The summed E-state index contributed by atoms with van der Waals surface area (Å²) in [4.78, 5) is 2.27. The molecular formula is C28H35N2O3S-. The summed E-state index contributed by atoms with van der Waals surface area (Å²) >= 11 is -2.39. The number of rotatable bonds is 13. The Morgan fingerprint density at radius 1 is 0.765 bits per heavy atom. The average Bonchev–Trinajstić information content (AvgIpc) is 2.83. The summed E-state index contributed by atoms with van der Waals surface area (Å²) in [6.45, 7) is 5.69. The van der Waals surface area contributed by atoms with Gasteiger partial charge in [0.2, 0.25) is 0 Å². The van der Waals surface area contributed by atoms with E-state index in [-0.39, 0.29) is 18.5 Å². The SMILES string of the molecule is CC(C)CN(C[C@@H](O)[C@H](Cc1ccccc1)N(Cc1ccccc1)Cc1ccccc1)S(=O)[O-]. The first-order chi connectivity index (χ1) is 16.4. The lowest BCUT2D eigenvalue weighted by atomic mass is 9.97. The predicted octanol–water partition coefficient (Wildman–Crippen LogP) is 4.41. The number of benzene rings is 3. The molecule has 5 nitrogen and oxygen atoms in total. The van der Waals surface area contributed by atoms with E-state index in [4.69, 9.17) is 0 Å². The Morgan fingerprint density at radius 2 is 1.21 bits per heavy atom. The molecule has 0 aliphatic carbocycles. The van der Waals surface area contributed by atoms with Crippen molar-refractivity contribution in [3.8, 4) is 0 Å². The van der Waals surface area contributed by atoms with Crippen LogP contribution in [0.4, 0.5) is 0 Å². The molecule has 0 fully saturated rings. The molecule has 0 aromatic heterocycles. The minimum absolute atomic E-state index is 0.0614. The van der Waals surface area contributed by atoms with Gasteiger partial charge in [-0.1, -0.05) is 105 Å². The maximum absolute atomic E-state index is 11.9. The third kappa shape index (κ3) is 8.46. The lowest BCUT2D eigenvalue weighted by molar-refractivity contribution is 0.0270. The van der Waals surface area contributed by atoms with Gasteiger partial charge in [-0.15, -0.1) is 0 Å². The zero-order valence-electron chi connectivity index (χ0n) is 20.0. The Bertz CT molecular complexity index is 945. The van der Waals surface area contributed by atoms with E-state index in [2.05, 4.69) is 41.3 Å². The van der Waals surface area contributed by atoms with Gasteiger partial charge in [0.05, 0.1) is 6.10 Å². The van der Waals surface area contributed by atoms with Crippen LogP contribution in [0.5, 0.6) is 0 Å². The maximum atomic E-state index is 11.9.